The van der Waals surface area contributed by atoms with Crippen LogP contribution in [0.1, 0.15) is 21.9 Å². The van der Waals surface area contributed by atoms with Crippen LogP contribution in [-0.2, 0) is 6.18 Å². The molecule has 2 heterocycles. The first-order valence-electron chi connectivity index (χ1n) is 8.95. The highest BCUT2D eigenvalue weighted by Gasteiger charge is 2.42. The normalized spacial score (nSPS) is 11.5. The quantitative estimate of drug-likeness (QED) is 0.493. The third-order valence-electron chi connectivity index (χ3n) is 4.41. The lowest BCUT2D eigenvalue weighted by Crippen LogP contribution is -2.21. The predicted molar refractivity (Wildman–Crippen MR) is 103 cm³/mol. The first-order valence-corrected chi connectivity index (χ1v) is 8.95. The van der Waals surface area contributed by atoms with E-state index in [1.165, 1.54) is 6.07 Å². The number of hydrogen-bond donors (Lipinski definition) is 1. The topological polar surface area (TPSA) is 77.6 Å². The van der Waals surface area contributed by atoms with Gasteiger partial charge in [-0.15, -0.1) is 5.10 Å². The minimum Gasteiger partial charge on any atom is -0.320 e. The molecule has 31 heavy (non-hydrogen) atoms. The van der Waals surface area contributed by atoms with Gasteiger partial charge in [-0.05, 0) is 55.5 Å². The number of halogens is 4. The van der Waals surface area contributed by atoms with Crippen LogP contribution in [0.5, 0.6) is 0 Å². The third-order valence-corrected chi connectivity index (χ3v) is 4.41. The second-order valence-electron chi connectivity index (χ2n) is 6.56. The SMILES string of the molecule is Cc1ccnn1-c1cccc(NC(=O)c2nnn(-c3ccc(F)cc3)c2C(F)(F)F)c1. The van der Waals surface area contributed by atoms with E-state index < -0.39 is 29.3 Å². The fraction of sp³-hybridized carbons (Fsp3) is 0.100. The maximum atomic E-state index is 13.7. The van der Waals surface area contributed by atoms with Crippen LogP contribution in [0.25, 0.3) is 11.4 Å². The Bertz CT molecular complexity index is 1240. The summed E-state index contributed by atoms with van der Waals surface area (Å²) >= 11 is 0. The molecule has 0 fully saturated rings. The molecular formula is C20H14F4N6O. The van der Waals surface area contributed by atoms with Crippen molar-refractivity contribution in [2.45, 2.75) is 13.1 Å². The molecule has 11 heteroatoms. The molecule has 158 valence electrons. The van der Waals surface area contributed by atoms with E-state index in [1.54, 1.807) is 35.1 Å². The van der Waals surface area contributed by atoms with Gasteiger partial charge >= 0.3 is 6.18 Å². The van der Waals surface area contributed by atoms with Gasteiger partial charge in [0.15, 0.2) is 11.4 Å². The van der Waals surface area contributed by atoms with Crippen LogP contribution in [0.4, 0.5) is 23.2 Å². The maximum Gasteiger partial charge on any atom is 0.435 e. The van der Waals surface area contributed by atoms with Gasteiger partial charge in [0.25, 0.3) is 5.91 Å². The molecular weight excluding hydrogens is 416 g/mol. The highest BCUT2D eigenvalue weighted by atomic mass is 19.4. The Kier molecular flexibility index (Phi) is 5.01. The lowest BCUT2D eigenvalue weighted by atomic mass is 10.2. The number of nitrogens with zero attached hydrogens (tertiary/aromatic N) is 5. The summed E-state index contributed by atoms with van der Waals surface area (Å²) < 4.78 is 56.4. The Morgan fingerprint density at radius 3 is 2.39 bits per heavy atom. The van der Waals surface area contributed by atoms with Crippen molar-refractivity contribution in [2.24, 2.45) is 0 Å². The van der Waals surface area contributed by atoms with Crippen molar-refractivity contribution in [2.75, 3.05) is 5.32 Å². The van der Waals surface area contributed by atoms with Crippen molar-refractivity contribution in [3.8, 4) is 11.4 Å². The number of rotatable bonds is 4. The Hall–Kier alpha value is -4.02. The number of carbonyl (C=O) groups is 1. The van der Waals surface area contributed by atoms with Crippen LogP contribution >= 0.6 is 0 Å². The highest BCUT2D eigenvalue weighted by Crippen LogP contribution is 2.33. The summed E-state index contributed by atoms with van der Waals surface area (Å²) in [7, 11) is 0. The Morgan fingerprint density at radius 2 is 1.74 bits per heavy atom. The number of alkyl halides is 3. The van der Waals surface area contributed by atoms with Crippen molar-refractivity contribution < 1.29 is 22.4 Å². The fourth-order valence-electron chi connectivity index (χ4n) is 3.00. The van der Waals surface area contributed by atoms with Gasteiger partial charge in [0.05, 0.1) is 11.4 Å². The van der Waals surface area contributed by atoms with E-state index in [0.29, 0.717) is 10.4 Å². The van der Waals surface area contributed by atoms with Gasteiger partial charge in [-0.2, -0.15) is 18.3 Å². The number of amides is 1. The molecule has 0 radical (unpaired) electrons. The van der Waals surface area contributed by atoms with Crippen molar-refractivity contribution in [1.29, 1.82) is 0 Å². The zero-order valence-electron chi connectivity index (χ0n) is 15.9. The highest BCUT2D eigenvalue weighted by molar-refractivity contribution is 6.03. The van der Waals surface area contributed by atoms with E-state index in [0.717, 1.165) is 30.0 Å². The van der Waals surface area contributed by atoms with Gasteiger partial charge in [-0.1, -0.05) is 11.3 Å². The predicted octanol–water partition coefficient (Wildman–Crippen LogP) is 4.17. The lowest BCUT2D eigenvalue weighted by molar-refractivity contribution is -0.143. The first kappa shape index (κ1) is 20.3. The molecule has 1 N–H and O–H groups in total. The maximum absolute atomic E-state index is 13.7. The van der Waals surface area contributed by atoms with Crippen molar-refractivity contribution in [3.05, 3.63) is 83.7 Å². The number of anilines is 1. The minimum absolute atomic E-state index is 0.0866. The molecule has 0 unspecified atom stereocenters. The van der Waals surface area contributed by atoms with E-state index in [2.05, 4.69) is 20.7 Å². The minimum atomic E-state index is -4.93. The second-order valence-corrected chi connectivity index (χ2v) is 6.56. The zero-order chi connectivity index (χ0) is 22.2. The standard InChI is InChI=1S/C20H14F4N6O/c1-12-9-10-25-29(12)16-4-2-3-14(11-16)26-19(31)17-18(20(22,23)24)30(28-27-17)15-7-5-13(21)6-8-15/h2-11H,1H3,(H,26,31). The molecule has 4 aromatic rings. The summed E-state index contributed by atoms with van der Waals surface area (Å²) in [5.41, 5.74) is -0.650. The summed E-state index contributed by atoms with van der Waals surface area (Å²) in [5.74, 6) is -1.71. The van der Waals surface area contributed by atoms with Crippen LogP contribution in [0.3, 0.4) is 0 Å². The molecule has 0 saturated heterocycles. The second kappa shape index (κ2) is 7.67. The summed E-state index contributed by atoms with van der Waals surface area (Å²) in [5, 5.41) is 13.5. The fourth-order valence-corrected chi connectivity index (χ4v) is 3.00. The first-order chi connectivity index (χ1) is 14.7. The van der Waals surface area contributed by atoms with Gasteiger partial charge in [-0.3, -0.25) is 4.79 Å². The molecule has 0 spiro atoms. The Labute approximate surface area is 172 Å². The van der Waals surface area contributed by atoms with E-state index in [4.69, 9.17) is 0 Å². The largest absolute Gasteiger partial charge is 0.435 e. The monoisotopic (exact) mass is 430 g/mol. The number of benzene rings is 2. The van der Waals surface area contributed by atoms with E-state index in [1.807, 2.05) is 6.92 Å². The van der Waals surface area contributed by atoms with Crippen molar-refractivity contribution in [3.63, 3.8) is 0 Å². The molecule has 0 bridgehead atoms. The van der Waals surface area contributed by atoms with Gasteiger partial charge in [-0.25, -0.2) is 13.8 Å². The third kappa shape index (κ3) is 4.02. The molecule has 2 aromatic heterocycles. The van der Waals surface area contributed by atoms with Gasteiger partial charge in [0.1, 0.15) is 5.82 Å². The van der Waals surface area contributed by atoms with Crippen molar-refractivity contribution >= 4 is 11.6 Å². The number of nitrogens with one attached hydrogen (secondary N) is 1. The summed E-state index contributed by atoms with van der Waals surface area (Å²) in [6.07, 6.45) is -3.33. The number of carbonyl (C=O) groups excluding carboxylic acids is 1. The van der Waals surface area contributed by atoms with Crippen molar-refractivity contribution in [1.82, 2.24) is 24.8 Å². The zero-order valence-corrected chi connectivity index (χ0v) is 15.9. The Morgan fingerprint density at radius 1 is 1.00 bits per heavy atom. The summed E-state index contributed by atoms with van der Waals surface area (Å²) in [6, 6.07) is 12.4. The lowest BCUT2D eigenvalue weighted by Gasteiger charge is -2.12. The number of hydrogen-bond acceptors (Lipinski definition) is 4. The average molecular weight is 430 g/mol. The number of aromatic nitrogens is 5. The van der Waals surface area contributed by atoms with Crippen LogP contribution in [0.15, 0.2) is 60.8 Å². The van der Waals surface area contributed by atoms with Gasteiger partial charge < -0.3 is 5.32 Å². The molecule has 7 nitrogen and oxygen atoms in total. The smallest absolute Gasteiger partial charge is 0.320 e. The molecule has 0 aliphatic carbocycles. The van der Waals surface area contributed by atoms with E-state index in [-0.39, 0.29) is 11.4 Å². The molecule has 0 saturated carbocycles. The molecule has 0 aliphatic rings. The summed E-state index contributed by atoms with van der Waals surface area (Å²) in [6.45, 7) is 1.83. The number of aryl methyl sites for hydroxylation is 1. The molecule has 1 amide bonds. The van der Waals surface area contributed by atoms with E-state index in [9.17, 15) is 22.4 Å². The molecule has 4 rings (SSSR count). The van der Waals surface area contributed by atoms with E-state index >= 15 is 0 Å². The molecule has 0 aliphatic heterocycles. The molecule has 0 atom stereocenters. The van der Waals surface area contributed by atoms with Crippen LogP contribution < -0.4 is 5.32 Å². The van der Waals surface area contributed by atoms with Crippen LogP contribution in [-0.4, -0.2) is 30.7 Å². The van der Waals surface area contributed by atoms with Gasteiger partial charge in [0, 0.05) is 17.6 Å². The van der Waals surface area contributed by atoms with Crippen LogP contribution in [0.2, 0.25) is 0 Å². The van der Waals surface area contributed by atoms with Crippen LogP contribution in [0, 0.1) is 12.7 Å². The average Bonchev–Trinajstić information content (AvgIpc) is 3.35. The molecule has 2 aromatic carbocycles. The van der Waals surface area contributed by atoms with Gasteiger partial charge in [0.2, 0.25) is 0 Å². The Balaban J connectivity index is 1.68. The summed E-state index contributed by atoms with van der Waals surface area (Å²) in [4.78, 5) is 12.6.